The first kappa shape index (κ1) is 15.5. The molecule has 2 aliphatic rings. The number of rotatable bonds is 2. The minimum Gasteiger partial charge on any atom is -0.368 e. The first-order valence-corrected chi connectivity index (χ1v) is 8.96. The summed E-state index contributed by atoms with van der Waals surface area (Å²) in [5, 5.41) is 0.760. The molecule has 0 spiro atoms. The minimum atomic E-state index is 0.0481. The molecule has 0 atom stereocenters. The van der Waals surface area contributed by atoms with E-state index in [0.29, 0.717) is 0 Å². The van der Waals surface area contributed by atoms with Crippen molar-refractivity contribution >= 4 is 23.2 Å². The van der Waals surface area contributed by atoms with Crippen LogP contribution in [0.1, 0.15) is 24.1 Å². The number of anilines is 2. The molecule has 1 N–H and O–H groups in total. The number of halogens is 1. The van der Waals surface area contributed by atoms with Gasteiger partial charge < -0.3 is 9.80 Å². The van der Waals surface area contributed by atoms with Crippen molar-refractivity contribution < 1.29 is 0 Å². The van der Waals surface area contributed by atoms with Gasteiger partial charge in [-0.3, -0.25) is 9.78 Å². The van der Waals surface area contributed by atoms with Crippen LogP contribution in [0.15, 0.2) is 29.1 Å². The standard InChI is InChI=1S/C18H21ClN4O/c19-13-4-3-5-14(12-13)22-8-10-23(11-9-22)18-20-16-7-2-1-6-15(16)17(24)21-18/h3-5,12H,1-2,6-11H2,(H,20,21,24). The highest BCUT2D eigenvalue weighted by molar-refractivity contribution is 6.30. The van der Waals surface area contributed by atoms with E-state index >= 15 is 0 Å². The maximum Gasteiger partial charge on any atom is 0.255 e. The lowest BCUT2D eigenvalue weighted by Gasteiger charge is -2.36. The van der Waals surface area contributed by atoms with Crippen LogP contribution in [0.5, 0.6) is 0 Å². The van der Waals surface area contributed by atoms with Crippen molar-refractivity contribution in [3.05, 3.63) is 50.9 Å². The van der Waals surface area contributed by atoms with Crippen molar-refractivity contribution in [2.75, 3.05) is 36.0 Å². The number of nitrogens with one attached hydrogen (secondary N) is 1. The first-order chi connectivity index (χ1) is 11.7. The highest BCUT2D eigenvalue weighted by Crippen LogP contribution is 2.23. The number of aryl methyl sites for hydroxylation is 1. The maximum atomic E-state index is 12.3. The van der Waals surface area contributed by atoms with Crippen LogP contribution >= 0.6 is 11.6 Å². The number of H-pyrrole nitrogens is 1. The van der Waals surface area contributed by atoms with Gasteiger partial charge in [-0.2, -0.15) is 0 Å². The van der Waals surface area contributed by atoms with Crippen molar-refractivity contribution in [1.82, 2.24) is 9.97 Å². The van der Waals surface area contributed by atoms with Crippen molar-refractivity contribution in [1.29, 1.82) is 0 Å². The number of nitrogens with zero attached hydrogens (tertiary/aromatic N) is 3. The van der Waals surface area contributed by atoms with Crippen LogP contribution in [-0.2, 0) is 12.8 Å². The van der Waals surface area contributed by atoms with Crippen molar-refractivity contribution in [2.45, 2.75) is 25.7 Å². The Balaban J connectivity index is 1.50. The quantitative estimate of drug-likeness (QED) is 0.910. The van der Waals surface area contributed by atoms with Gasteiger partial charge in [0.15, 0.2) is 0 Å². The predicted octanol–water partition coefficient (Wildman–Crippen LogP) is 2.63. The first-order valence-electron chi connectivity index (χ1n) is 8.58. The lowest BCUT2D eigenvalue weighted by atomic mass is 9.97. The molecule has 0 amide bonds. The molecule has 0 saturated carbocycles. The molecule has 1 fully saturated rings. The maximum absolute atomic E-state index is 12.3. The van der Waals surface area contributed by atoms with Gasteiger partial charge in [0.05, 0.1) is 5.69 Å². The molecule has 1 aromatic heterocycles. The smallest absolute Gasteiger partial charge is 0.255 e. The molecule has 126 valence electrons. The van der Waals surface area contributed by atoms with Gasteiger partial charge in [-0.25, -0.2) is 4.98 Å². The van der Waals surface area contributed by atoms with Crippen LogP contribution in [-0.4, -0.2) is 36.1 Å². The highest BCUT2D eigenvalue weighted by atomic mass is 35.5. The van der Waals surface area contributed by atoms with Gasteiger partial charge in [0.1, 0.15) is 0 Å². The van der Waals surface area contributed by atoms with Gasteiger partial charge in [0.2, 0.25) is 5.95 Å². The lowest BCUT2D eigenvalue weighted by Crippen LogP contribution is -2.47. The SMILES string of the molecule is O=c1[nH]c(N2CCN(c3cccc(Cl)c3)CC2)nc2c1CCCC2. The Labute approximate surface area is 146 Å². The molecule has 1 saturated heterocycles. The predicted molar refractivity (Wildman–Crippen MR) is 97.4 cm³/mol. The van der Waals surface area contributed by atoms with Crippen molar-refractivity contribution in [2.24, 2.45) is 0 Å². The van der Waals surface area contributed by atoms with Gasteiger partial charge in [0, 0.05) is 42.5 Å². The molecular weight excluding hydrogens is 324 g/mol. The van der Waals surface area contributed by atoms with E-state index in [1.807, 2.05) is 18.2 Å². The zero-order valence-electron chi connectivity index (χ0n) is 13.6. The molecule has 0 bridgehead atoms. The summed E-state index contributed by atoms with van der Waals surface area (Å²) in [4.78, 5) is 24.5. The second-order valence-corrected chi connectivity index (χ2v) is 6.91. The number of benzene rings is 1. The van der Waals surface area contributed by atoms with E-state index in [4.69, 9.17) is 16.6 Å². The Morgan fingerprint density at radius 1 is 1.04 bits per heavy atom. The van der Waals surface area contributed by atoms with Gasteiger partial charge in [-0.1, -0.05) is 17.7 Å². The summed E-state index contributed by atoms with van der Waals surface area (Å²) in [5.41, 5.74) is 3.08. The average molecular weight is 345 g/mol. The number of fused-ring (bicyclic) bond motifs is 1. The summed E-state index contributed by atoms with van der Waals surface area (Å²) < 4.78 is 0. The van der Waals surface area contributed by atoms with Crippen LogP contribution in [0, 0.1) is 0 Å². The van der Waals surface area contributed by atoms with Crippen LogP contribution < -0.4 is 15.4 Å². The zero-order chi connectivity index (χ0) is 16.5. The molecule has 0 radical (unpaired) electrons. The normalized spacial score (nSPS) is 17.7. The summed E-state index contributed by atoms with van der Waals surface area (Å²) in [6.45, 7) is 3.46. The monoisotopic (exact) mass is 344 g/mol. The van der Waals surface area contributed by atoms with Gasteiger partial charge in [0.25, 0.3) is 5.56 Å². The highest BCUT2D eigenvalue weighted by Gasteiger charge is 2.22. The Bertz CT molecular complexity index is 796. The summed E-state index contributed by atoms with van der Waals surface area (Å²) in [6, 6.07) is 7.95. The summed E-state index contributed by atoms with van der Waals surface area (Å²) in [7, 11) is 0. The van der Waals surface area contributed by atoms with E-state index in [0.717, 1.165) is 79.8 Å². The lowest BCUT2D eigenvalue weighted by molar-refractivity contribution is 0.620. The van der Waals surface area contributed by atoms with E-state index in [1.54, 1.807) is 0 Å². The molecule has 6 heteroatoms. The summed E-state index contributed by atoms with van der Waals surface area (Å²) in [5.74, 6) is 0.728. The zero-order valence-corrected chi connectivity index (χ0v) is 14.4. The molecule has 2 heterocycles. The molecule has 1 aromatic carbocycles. The molecule has 1 aliphatic heterocycles. The molecule has 4 rings (SSSR count). The van der Waals surface area contributed by atoms with E-state index in [2.05, 4.69) is 20.9 Å². The molecule has 2 aromatic rings. The third kappa shape index (κ3) is 3.00. The van der Waals surface area contributed by atoms with E-state index < -0.39 is 0 Å². The molecule has 5 nitrogen and oxygen atoms in total. The van der Waals surface area contributed by atoms with E-state index in [9.17, 15) is 4.79 Å². The van der Waals surface area contributed by atoms with Gasteiger partial charge in [-0.05, 0) is 43.9 Å². The number of aromatic amines is 1. The second-order valence-electron chi connectivity index (χ2n) is 6.48. The van der Waals surface area contributed by atoms with E-state index in [-0.39, 0.29) is 5.56 Å². The van der Waals surface area contributed by atoms with Crippen molar-refractivity contribution in [3.63, 3.8) is 0 Å². The minimum absolute atomic E-state index is 0.0481. The topological polar surface area (TPSA) is 52.2 Å². The number of aromatic nitrogens is 2. The Morgan fingerprint density at radius 2 is 1.79 bits per heavy atom. The van der Waals surface area contributed by atoms with Crippen LogP contribution in [0.2, 0.25) is 5.02 Å². The molecule has 0 unspecified atom stereocenters. The second kappa shape index (κ2) is 6.48. The van der Waals surface area contributed by atoms with Crippen LogP contribution in [0.25, 0.3) is 0 Å². The Morgan fingerprint density at radius 3 is 2.58 bits per heavy atom. The fraction of sp³-hybridized carbons (Fsp3) is 0.444. The Hall–Kier alpha value is -2.01. The van der Waals surface area contributed by atoms with Gasteiger partial charge >= 0.3 is 0 Å². The fourth-order valence-electron chi connectivity index (χ4n) is 3.59. The molecule has 24 heavy (non-hydrogen) atoms. The third-order valence-electron chi connectivity index (χ3n) is 4.93. The number of piperazine rings is 1. The number of hydrogen-bond acceptors (Lipinski definition) is 4. The number of hydrogen-bond donors (Lipinski definition) is 1. The fourth-order valence-corrected chi connectivity index (χ4v) is 3.77. The van der Waals surface area contributed by atoms with Crippen LogP contribution in [0.3, 0.4) is 0 Å². The summed E-state index contributed by atoms with van der Waals surface area (Å²) >= 11 is 6.09. The molecular formula is C18H21ClN4O. The van der Waals surface area contributed by atoms with E-state index in [1.165, 1.54) is 0 Å². The largest absolute Gasteiger partial charge is 0.368 e. The Kier molecular flexibility index (Phi) is 4.19. The summed E-state index contributed by atoms with van der Waals surface area (Å²) in [6.07, 6.45) is 4.01. The van der Waals surface area contributed by atoms with Crippen LogP contribution in [0.4, 0.5) is 11.6 Å². The molecule has 1 aliphatic carbocycles. The van der Waals surface area contributed by atoms with Gasteiger partial charge in [-0.15, -0.1) is 0 Å². The van der Waals surface area contributed by atoms with Crippen molar-refractivity contribution in [3.8, 4) is 0 Å². The third-order valence-corrected chi connectivity index (χ3v) is 5.17. The average Bonchev–Trinajstić information content (AvgIpc) is 2.62.